The lowest BCUT2D eigenvalue weighted by Gasteiger charge is -2.08. The van der Waals surface area contributed by atoms with Gasteiger partial charge in [-0.15, -0.1) is 11.3 Å². The summed E-state index contributed by atoms with van der Waals surface area (Å²) in [5.41, 5.74) is 0. The van der Waals surface area contributed by atoms with Crippen molar-refractivity contribution in [2.24, 2.45) is 0 Å². The summed E-state index contributed by atoms with van der Waals surface area (Å²) in [6.07, 6.45) is 0.0289. The average molecular weight is 372 g/mol. The van der Waals surface area contributed by atoms with E-state index < -0.39 is 10.0 Å². The summed E-state index contributed by atoms with van der Waals surface area (Å²) in [5.74, 6) is -0.124. The Morgan fingerprint density at radius 2 is 1.92 bits per heavy atom. The van der Waals surface area contributed by atoms with Crippen LogP contribution in [-0.2, 0) is 14.8 Å². The lowest BCUT2D eigenvalue weighted by molar-refractivity contribution is -0.121. The first kappa shape index (κ1) is 18.4. The number of rotatable bonds is 9. The first-order chi connectivity index (χ1) is 11.5. The van der Waals surface area contributed by atoms with Gasteiger partial charge in [-0.25, -0.2) is 17.5 Å². The molecule has 2 N–H and O–H groups in total. The van der Waals surface area contributed by atoms with Gasteiger partial charge in [0, 0.05) is 13.0 Å². The minimum Gasteiger partial charge on any atom is -0.492 e. The molecule has 0 saturated carbocycles. The minimum atomic E-state index is -3.54. The fourth-order valence-electron chi connectivity index (χ4n) is 1.76. The smallest absolute Gasteiger partial charge is 0.250 e. The molecule has 0 bridgehead atoms. The first-order valence-corrected chi connectivity index (χ1v) is 9.52. The molecule has 2 rings (SSSR count). The summed E-state index contributed by atoms with van der Waals surface area (Å²) < 4.78 is 44.3. The average Bonchev–Trinajstić information content (AvgIpc) is 3.08. The van der Waals surface area contributed by atoms with Gasteiger partial charge < -0.3 is 10.1 Å². The van der Waals surface area contributed by atoms with Crippen LogP contribution in [-0.4, -0.2) is 34.0 Å². The summed E-state index contributed by atoms with van der Waals surface area (Å²) in [6, 6.07) is 8.71. The minimum absolute atomic E-state index is 0.0187. The maximum Gasteiger partial charge on any atom is 0.250 e. The van der Waals surface area contributed by atoms with E-state index >= 15 is 0 Å². The molecule has 0 fully saturated rings. The number of amides is 1. The molecule has 0 unspecified atom stereocenters. The Balaban J connectivity index is 1.61. The van der Waals surface area contributed by atoms with Gasteiger partial charge in [0.15, 0.2) is 0 Å². The number of benzene rings is 1. The zero-order chi connectivity index (χ0) is 17.4. The van der Waals surface area contributed by atoms with Crippen molar-refractivity contribution in [3.63, 3.8) is 0 Å². The van der Waals surface area contributed by atoms with Gasteiger partial charge in [-0.1, -0.05) is 6.07 Å². The van der Waals surface area contributed by atoms with Crippen LogP contribution in [0.15, 0.2) is 46.0 Å². The first-order valence-electron chi connectivity index (χ1n) is 7.15. The van der Waals surface area contributed by atoms with Crippen LogP contribution in [0.25, 0.3) is 0 Å². The Morgan fingerprint density at radius 1 is 1.17 bits per heavy atom. The molecule has 0 atom stereocenters. The second kappa shape index (κ2) is 8.76. The predicted octanol–water partition coefficient (Wildman–Crippen LogP) is 1.75. The van der Waals surface area contributed by atoms with Crippen LogP contribution in [0.2, 0.25) is 0 Å². The fourth-order valence-corrected chi connectivity index (χ4v) is 3.83. The number of sulfonamides is 1. The number of carbonyl (C=O) groups is 1. The van der Waals surface area contributed by atoms with Gasteiger partial charge in [0.05, 0.1) is 6.54 Å². The van der Waals surface area contributed by atoms with Crippen LogP contribution in [0.3, 0.4) is 0 Å². The molecule has 0 aliphatic rings. The normalized spacial score (nSPS) is 11.2. The lowest BCUT2D eigenvalue weighted by Crippen LogP contribution is -2.32. The van der Waals surface area contributed by atoms with Gasteiger partial charge in [-0.2, -0.15) is 0 Å². The van der Waals surface area contributed by atoms with E-state index in [4.69, 9.17) is 4.74 Å². The zero-order valence-electron chi connectivity index (χ0n) is 12.7. The number of hydrogen-bond acceptors (Lipinski definition) is 5. The van der Waals surface area contributed by atoms with E-state index in [0.29, 0.717) is 5.75 Å². The molecule has 0 radical (unpaired) electrons. The third-order valence-electron chi connectivity index (χ3n) is 2.91. The van der Waals surface area contributed by atoms with E-state index in [-0.39, 0.29) is 42.1 Å². The van der Waals surface area contributed by atoms with Gasteiger partial charge in [0.2, 0.25) is 15.9 Å². The lowest BCUT2D eigenvalue weighted by atomic mass is 10.3. The molecule has 0 aliphatic carbocycles. The molecule has 6 nitrogen and oxygen atoms in total. The van der Waals surface area contributed by atoms with Crippen molar-refractivity contribution in [1.82, 2.24) is 10.0 Å². The van der Waals surface area contributed by atoms with Crippen LogP contribution in [0, 0.1) is 5.82 Å². The predicted molar refractivity (Wildman–Crippen MR) is 89.0 cm³/mol. The summed E-state index contributed by atoms with van der Waals surface area (Å²) in [6.45, 7) is 0.525. The van der Waals surface area contributed by atoms with Gasteiger partial charge >= 0.3 is 0 Å². The summed E-state index contributed by atoms with van der Waals surface area (Å²) >= 11 is 1.11. The van der Waals surface area contributed by atoms with Crippen LogP contribution in [0.5, 0.6) is 5.75 Å². The number of halogens is 1. The Morgan fingerprint density at radius 3 is 2.58 bits per heavy atom. The molecule has 24 heavy (non-hydrogen) atoms. The maximum atomic E-state index is 12.7. The Bertz CT molecular complexity index is 746. The van der Waals surface area contributed by atoms with Crippen molar-refractivity contribution in [1.29, 1.82) is 0 Å². The number of hydrogen-bond donors (Lipinski definition) is 2. The molecule has 1 heterocycles. The zero-order valence-corrected chi connectivity index (χ0v) is 14.3. The van der Waals surface area contributed by atoms with E-state index in [2.05, 4.69) is 10.0 Å². The monoisotopic (exact) mass is 372 g/mol. The SMILES string of the molecule is O=C(CCNS(=O)(=O)c1cccs1)NCCOc1ccc(F)cc1. The molecule has 1 amide bonds. The van der Waals surface area contributed by atoms with E-state index in [0.717, 1.165) is 11.3 Å². The van der Waals surface area contributed by atoms with Crippen LogP contribution >= 0.6 is 11.3 Å². The van der Waals surface area contributed by atoms with Gasteiger partial charge in [0.1, 0.15) is 22.4 Å². The van der Waals surface area contributed by atoms with Crippen molar-refractivity contribution >= 4 is 27.3 Å². The standard InChI is InChI=1S/C15H17FN2O4S2/c16-12-3-5-13(6-4-12)22-10-9-17-14(19)7-8-18-24(20,21)15-2-1-11-23-15/h1-6,11,18H,7-10H2,(H,17,19). The molecule has 130 valence electrons. The van der Waals surface area contributed by atoms with Crippen LogP contribution in [0.4, 0.5) is 4.39 Å². The summed E-state index contributed by atoms with van der Waals surface area (Å²) in [5, 5.41) is 4.28. The van der Waals surface area contributed by atoms with Crippen molar-refractivity contribution < 1.29 is 22.3 Å². The number of nitrogens with one attached hydrogen (secondary N) is 2. The highest BCUT2D eigenvalue weighted by Crippen LogP contribution is 2.15. The van der Waals surface area contributed by atoms with Crippen molar-refractivity contribution in [3.05, 3.63) is 47.6 Å². The highest BCUT2D eigenvalue weighted by Gasteiger charge is 2.14. The third kappa shape index (κ3) is 5.91. The fraction of sp³-hybridized carbons (Fsp3) is 0.267. The Hall–Kier alpha value is -1.97. The van der Waals surface area contributed by atoms with E-state index in [1.165, 1.54) is 30.3 Å². The summed E-state index contributed by atoms with van der Waals surface area (Å²) in [4.78, 5) is 11.6. The molecule has 1 aromatic carbocycles. The van der Waals surface area contributed by atoms with Crippen molar-refractivity contribution in [2.45, 2.75) is 10.6 Å². The highest BCUT2D eigenvalue weighted by atomic mass is 32.2. The molecule has 1 aromatic heterocycles. The van der Waals surface area contributed by atoms with Gasteiger partial charge in [0.25, 0.3) is 0 Å². The quantitative estimate of drug-likeness (QED) is 0.657. The molecule has 0 aliphatic heterocycles. The molecular weight excluding hydrogens is 355 g/mol. The Kier molecular flexibility index (Phi) is 6.71. The Labute approximate surface area is 143 Å². The van der Waals surface area contributed by atoms with E-state index in [1.54, 1.807) is 11.4 Å². The number of ether oxygens (including phenoxy) is 1. The highest BCUT2D eigenvalue weighted by molar-refractivity contribution is 7.91. The van der Waals surface area contributed by atoms with Gasteiger partial charge in [-0.05, 0) is 35.7 Å². The summed E-state index contributed by atoms with van der Waals surface area (Å²) in [7, 11) is -3.54. The van der Waals surface area contributed by atoms with E-state index in [9.17, 15) is 17.6 Å². The van der Waals surface area contributed by atoms with Crippen LogP contribution in [0.1, 0.15) is 6.42 Å². The van der Waals surface area contributed by atoms with E-state index in [1.807, 2.05) is 0 Å². The third-order valence-corrected chi connectivity index (χ3v) is 5.77. The molecule has 9 heteroatoms. The molecule has 0 spiro atoms. The topological polar surface area (TPSA) is 84.5 Å². The molecule has 2 aromatic rings. The second-order valence-electron chi connectivity index (χ2n) is 4.73. The molecule has 0 saturated heterocycles. The largest absolute Gasteiger partial charge is 0.492 e. The maximum absolute atomic E-state index is 12.7. The molecular formula is C15H17FN2O4S2. The van der Waals surface area contributed by atoms with Crippen molar-refractivity contribution in [3.8, 4) is 5.75 Å². The van der Waals surface area contributed by atoms with Crippen molar-refractivity contribution in [2.75, 3.05) is 19.7 Å². The van der Waals surface area contributed by atoms with Crippen LogP contribution < -0.4 is 14.8 Å². The van der Waals surface area contributed by atoms with Gasteiger partial charge in [-0.3, -0.25) is 4.79 Å². The second-order valence-corrected chi connectivity index (χ2v) is 7.67. The number of carbonyl (C=O) groups excluding carboxylic acids is 1. The number of thiophene rings is 1.